The number of carboxylic acid groups (broad SMARTS) is 1. The van der Waals surface area contributed by atoms with Gasteiger partial charge >= 0.3 is 5.97 Å². The second kappa shape index (κ2) is 5.80. The van der Waals surface area contributed by atoms with Crippen molar-refractivity contribution in [2.45, 2.75) is 0 Å². The Bertz CT molecular complexity index is 517. The Kier molecular flexibility index (Phi) is 4.41. The van der Waals surface area contributed by atoms with Gasteiger partial charge in [0.2, 0.25) is 11.8 Å². The van der Waals surface area contributed by atoms with Crippen LogP contribution in [0.4, 0.5) is 10.1 Å². The van der Waals surface area contributed by atoms with Gasteiger partial charge in [0.1, 0.15) is 5.82 Å². The lowest BCUT2D eigenvalue weighted by Gasteiger charge is -2.23. The molecular formula is C11H12FN3O4. The van der Waals surface area contributed by atoms with Crippen LogP contribution in [0.15, 0.2) is 18.2 Å². The van der Waals surface area contributed by atoms with Crippen LogP contribution in [-0.4, -0.2) is 36.0 Å². The molecule has 0 unspecified atom stereocenters. The molecule has 0 aliphatic heterocycles. The first-order valence-corrected chi connectivity index (χ1v) is 5.15. The Hall–Kier alpha value is -2.64. The number of nitrogens with zero attached hydrogens (tertiary/aromatic N) is 1. The molecule has 5 N–H and O–H groups in total. The normalized spacial score (nSPS) is 9.95. The predicted molar refractivity (Wildman–Crippen MR) is 64.0 cm³/mol. The number of primary amides is 2. The maximum atomic E-state index is 13.0. The van der Waals surface area contributed by atoms with E-state index >= 15 is 0 Å². The summed E-state index contributed by atoms with van der Waals surface area (Å²) in [7, 11) is 0. The third kappa shape index (κ3) is 3.95. The van der Waals surface area contributed by atoms with Crippen LogP contribution in [-0.2, 0) is 9.59 Å². The van der Waals surface area contributed by atoms with Crippen LogP contribution >= 0.6 is 0 Å². The highest BCUT2D eigenvalue weighted by molar-refractivity contribution is 5.96. The third-order valence-electron chi connectivity index (χ3n) is 2.22. The summed E-state index contributed by atoms with van der Waals surface area (Å²) in [5, 5.41) is 8.98. The highest BCUT2D eigenvalue weighted by atomic mass is 19.1. The minimum atomic E-state index is -1.39. The number of carboxylic acids is 1. The van der Waals surface area contributed by atoms with Crippen molar-refractivity contribution in [3.8, 4) is 0 Å². The molecule has 0 bridgehead atoms. The smallest absolute Gasteiger partial charge is 0.337 e. The molecular weight excluding hydrogens is 257 g/mol. The standard InChI is InChI=1S/C11H12FN3O4/c12-6-1-2-8(7(3-6)11(18)19)15(4-9(13)16)5-10(14)17/h1-3H,4-5H2,(H2,13,16)(H2,14,17)(H,18,19). The molecule has 0 atom stereocenters. The average molecular weight is 269 g/mol. The maximum absolute atomic E-state index is 13.0. The molecule has 0 radical (unpaired) electrons. The Balaban J connectivity index is 3.24. The molecule has 0 fully saturated rings. The van der Waals surface area contributed by atoms with E-state index in [4.69, 9.17) is 16.6 Å². The fourth-order valence-corrected chi connectivity index (χ4v) is 1.56. The Morgan fingerprint density at radius 2 is 1.68 bits per heavy atom. The number of hydrogen-bond acceptors (Lipinski definition) is 4. The van der Waals surface area contributed by atoms with Crippen LogP contribution in [0.5, 0.6) is 0 Å². The van der Waals surface area contributed by atoms with E-state index in [1.54, 1.807) is 0 Å². The Morgan fingerprint density at radius 3 is 2.11 bits per heavy atom. The number of hydrogen-bond donors (Lipinski definition) is 3. The molecule has 0 saturated heterocycles. The maximum Gasteiger partial charge on any atom is 0.337 e. The van der Waals surface area contributed by atoms with Crippen LogP contribution in [0, 0.1) is 5.82 Å². The van der Waals surface area contributed by atoms with E-state index in [2.05, 4.69) is 0 Å². The Labute approximate surface area is 107 Å². The fourth-order valence-electron chi connectivity index (χ4n) is 1.56. The lowest BCUT2D eigenvalue weighted by Crippen LogP contribution is -2.40. The van der Waals surface area contributed by atoms with Crippen molar-refractivity contribution in [3.63, 3.8) is 0 Å². The molecule has 8 heteroatoms. The largest absolute Gasteiger partial charge is 0.478 e. The van der Waals surface area contributed by atoms with E-state index in [0.717, 1.165) is 23.1 Å². The summed E-state index contributed by atoms with van der Waals surface area (Å²) in [6.07, 6.45) is 0. The van der Waals surface area contributed by atoms with Gasteiger partial charge in [0, 0.05) is 0 Å². The average Bonchev–Trinajstić information content (AvgIpc) is 2.26. The van der Waals surface area contributed by atoms with E-state index in [1.807, 2.05) is 0 Å². The van der Waals surface area contributed by atoms with Gasteiger partial charge in [-0.15, -0.1) is 0 Å². The molecule has 2 amide bonds. The first-order valence-electron chi connectivity index (χ1n) is 5.15. The zero-order valence-corrected chi connectivity index (χ0v) is 9.80. The summed E-state index contributed by atoms with van der Waals surface area (Å²) in [6.45, 7) is -0.816. The summed E-state index contributed by atoms with van der Waals surface area (Å²) >= 11 is 0. The minimum absolute atomic E-state index is 0.00787. The third-order valence-corrected chi connectivity index (χ3v) is 2.22. The van der Waals surface area contributed by atoms with Crippen LogP contribution in [0.2, 0.25) is 0 Å². The summed E-state index contributed by atoms with van der Waals surface area (Å²) in [5.74, 6) is -3.70. The molecule has 0 spiro atoms. The molecule has 19 heavy (non-hydrogen) atoms. The zero-order valence-electron chi connectivity index (χ0n) is 9.80. The number of rotatable bonds is 6. The van der Waals surface area contributed by atoms with Crippen molar-refractivity contribution in [1.29, 1.82) is 0 Å². The van der Waals surface area contributed by atoms with Gasteiger partial charge in [-0.25, -0.2) is 9.18 Å². The van der Waals surface area contributed by atoms with Gasteiger partial charge in [-0.2, -0.15) is 0 Å². The minimum Gasteiger partial charge on any atom is -0.478 e. The monoisotopic (exact) mass is 269 g/mol. The summed E-state index contributed by atoms with van der Waals surface area (Å²) in [6, 6.07) is 2.94. The first-order chi connectivity index (χ1) is 8.81. The number of benzene rings is 1. The predicted octanol–water partition coefficient (Wildman–Crippen LogP) is -0.699. The number of amides is 2. The highest BCUT2D eigenvalue weighted by Crippen LogP contribution is 2.21. The summed E-state index contributed by atoms with van der Waals surface area (Å²) < 4.78 is 13.0. The molecule has 0 heterocycles. The molecule has 1 rings (SSSR count). The number of carbonyl (C=O) groups excluding carboxylic acids is 2. The van der Waals surface area contributed by atoms with Crippen molar-refractivity contribution in [2.75, 3.05) is 18.0 Å². The van der Waals surface area contributed by atoms with Crippen LogP contribution in [0.1, 0.15) is 10.4 Å². The van der Waals surface area contributed by atoms with Crippen LogP contribution in [0.25, 0.3) is 0 Å². The van der Waals surface area contributed by atoms with E-state index in [9.17, 15) is 18.8 Å². The van der Waals surface area contributed by atoms with E-state index in [0.29, 0.717) is 0 Å². The van der Waals surface area contributed by atoms with Crippen molar-refractivity contribution in [3.05, 3.63) is 29.6 Å². The second-order valence-electron chi connectivity index (χ2n) is 3.76. The van der Waals surface area contributed by atoms with Crippen LogP contribution < -0.4 is 16.4 Å². The van der Waals surface area contributed by atoms with Gasteiger partial charge in [-0.05, 0) is 18.2 Å². The molecule has 7 nitrogen and oxygen atoms in total. The first kappa shape index (κ1) is 14.4. The SMILES string of the molecule is NC(=O)CN(CC(N)=O)c1ccc(F)cc1C(=O)O. The van der Waals surface area contributed by atoms with E-state index in [-0.39, 0.29) is 11.3 Å². The fraction of sp³-hybridized carbons (Fsp3) is 0.182. The van der Waals surface area contributed by atoms with E-state index < -0.39 is 36.7 Å². The number of anilines is 1. The number of carbonyl (C=O) groups is 3. The molecule has 1 aromatic rings. The number of nitrogens with two attached hydrogens (primary N) is 2. The van der Waals surface area contributed by atoms with Gasteiger partial charge < -0.3 is 21.5 Å². The van der Waals surface area contributed by atoms with Crippen molar-refractivity contribution < 1.29 is 23.9 Å². The quantitative estimate of drug-likeness (QED) is 0.629. The Morgan fingerprint density at radius 1 is 1.16 bits per heavy atom. The molecule has 0 saturated carbocycles. The van der Waals surface area contributed by atoms with Crippen LogP contribution in [0.3, 0.4) is 0 Å². The topological polar surface area (TPSA) is 127 Å². The molecule has 102 valence electrons. The lowest BCUT2D eigenvalue weighted by molar-refractivity contribution is -0.117. The lowest BCUT2D eigenvalue weighted by atomic mass is 10.1. The molecule has 0 aliphatic carbocycles. The van der Waals surface area contributed by atoms with Gasteiger partial charge in [0.15, 0.2) is 0 Å². The molecule has 0 aromatic heterocycles. The van der Waals surface area contributed by atoms with Gasteiger partial charge in [-0.1, -0.05) is 0 Å². The highest BCUT2D eigenvalue weighted by Gasteiger charge is 2.19. The van der Waals surface area contributed by atoms with Crippen molar-refractivity contribution in [1.82, 2.24) is 0 Å². The van der Waals surface area contributed by atoms with Gasteiger partial charge in [0.05, 0.1) is 24.3 Å². The molecule has 1 aromatic carbocycles. The summed E-state index contributed by atoms with van der Waals surface area (Å²) in [5.41, 5.74) is 9.62. The number of aromatic carboxylic acids is 1. The number of halogens is 1. The summed E-state index contributed by atoms with van der Waals surface area (Å²) in [4.78, 5) is 33.9. The second-order valence-corrected chi connectivity index (χ2v) is 3.76. The van der Waals surface area contributed by atoms with Gasteiger partial charge in [0.25, 0.3) is 0 Å². The van der Waals surface area contributed by atoms with Crippen molar-refractivity contribution in [2.24, 2.45) is 11.5 Å². The van der Waals surface area contributed by atoms with Crippen molar-refractivity contribution >= 4 is 23.5 Å². The van der Waals surface area contributed by atoms with Gasteiger partial charge in [-0.3, -0.25) is 9.59 Å². The molecule has 0 aliphatic rings. The van der Waals surface area contributed by atoms with E-state index in [1.165, 1.54) is 0 Å². The zero-order chi connectivity index (χ0) is 14.6.